The van der Waals surface area contributed by atoms with E-state index in [1.54, 1.807) is 22.6 Å². The highest BCUT2D eigenvalue weighted by Crippen LogP contribution is 2.26. The molecule has 2 N–H and O–H groups in total. The van der Waals surface area contributed by atoms with E-state index in [9.17, 15) is 19.2 Å². The lowest BCUT2D eigenvalue weighted by Gasteiger charge is -2.28. The summed E-state index contributed by atoms with van der Waals surface area (Å²) in [4.78, 5) is 45.9. The van der Waals surface area contributed by atoms with E-state index in [0.29, 0.717) is 13.1 Å². The van der Waals surface area contributed by atoms with Gasteiger partial charge in [-0.25, -0.2) is 19.2 Å². The van der Waals surface area contributed by atoms with E-state index in [2.05, 4.69) is 30.7 Å². The molecule has 0 aromatic carbocycles. The maximum atomic E-state index is 11.8. The Morgan fingerprint density at radius 1 is 0.879 bits per heavy atom. The van der Waals surface area contributed by atoms with Crippen LogP contribution in [-0.2, 0) is 28.5 Å². The van der Waals surface area contributed by atoms with Crippen molar-refractivity contribution in [1.29, 1.82) is 0 Å². The molecule has 1 unspecified atom stereocenters. The van der Waals surface area contributed by atoms with Gasteiger partial charge >= 0.3 is 24.1 Å². The van der Waals surface area contributed by atoms with Crippen LogP contribution in [0.3, 0.4) is 0 Å². The van der Waals surface area contributed by atoms with Crippen molar-refractivity contribution in [3.8, 4) is 0 Å². The van der Waals surface area contributed by atoms with E-state index in [1.165, 1.54) is 6.92 Å². The number of amides is 2. The van der Waals surface area contributed by atoms with Crippen molar-refractivity contribution in [1.82, 2.24) is 10.6 Å². The standard InChI is InChI=1S/C22H35IN2O8/c1-15(2)18(26)30-9-11-33-21(29)25-14-22(5,6)13-16(3)7-8-24-20(28)32-12-10-31-19(27)17(4)23/h16H,1,4,7-14H2,2-3,5-6H3,(H,24,28)(H,25,29). The predicted molar refractivity (Wildman–Crippen MR) is 131 cm³/mol. The van der Waals surface area contributed by atoms with Gasteiger partial charge in [-0.05, 0) is 53.7 Å². The first kappa shape index (κ1) is 30.7. The van der Waals surface area contributed by atoms with Crippen molar-refractivity contribution >= 4 is 46.7 Å². The average molecular weight is 582 g/mol. The van der Waals surface area contributed by atoms with Crippen LogP contribution >= 0.6 is 22.6 Å². The van der Waals surface area contributed by atoms with Gasteiger partial charge in [-0.2, -0.15) is 0 Å². The number of nitrogens with one attached hydrogen (secondary N) is 2. The first-order valence-electron chi connectivity index (χ1n) is 10.5. The van der Waals surface area contributed by atoms with Crippen LogP contribution in [0.15, 0.2) is 22.3 Å². The molecule has 0 fully saturated rings. The minimum absolute atomic E-state index is 0.0334. The summed E-state index contributed by atoms with van der Waals surface area (Å²) in [6.07, 6.45) is 0.362. The monoisotopic (exact) mass is 582 g/mol. The Morgan fingerprint density at radius 3 is 1.88 bits per heavy atom. The fraction of sp³-hybridized carbons (Fsp3) is 0.636. The smallest absolute Gasteiger partial charge is 0.407 e. The van der Waals surface area contributed by atoms with Crippen LogP contribution in [-0.4, -0.2) is 63.6 Å². The molecular weight excluding hydrogens is 547 g/mol. The third-order valence-electron chi connectivity index (χ3n) is 4.19. The number of carbonyl (C=O) groups is 4. The van der Waals surface area contributed by atoms with Crippen LogP contribution in [0, 0.1) is 11.3 Å². The van der Waals surface area contributed by atoms with Gasteiger partial charge in [0.05, 0.1) is 3.58 Å². The second-order valence-electron chi connectivity index (χ2n) is 8.27. The maximum Gasteiger partial charge on any atom is 0.407 e. The van der Waals surface area contributed by atoms with Crippen molar-refractivity contribution in [2.45, 2.75) is 40.5 Å². The van der Waals surface area contributed by atoms with E-state index in [0.717, 1.165) is 12.8 Å². The highest BCUT2D eigenvalue weighted by Gasteiger charge is 2.22. The molecule has 1 atom stereocenters. The minimum atomic E-state index is -0.583. The lowest BCUT2D eigenvalue weighted by atomic mass is 9.82. The molecule has 0 aliphatic carbocycles. The highest BCUT2D eigenvalue weighted by molar-refractivity contribution is 14.1. The summed E-state index contributed by atoms with van der Waals surface area (Å²) >= 11 is 1.75. The van der Waals surface area contributed by atoms with Gasteiger partial charge in [0.1, 0.15) is 26.4 Å². The first-order valence-corrected chi connectivity index (χ1v) is 11.6. The maximum absolute atomic E-state index is 11.8. The summed E-state index contributed by atoms with van der Waals surface area (Å²) < 4.78 is 19.8. The molecule has 0 rings (SSSR count). The van der Waals surface area contributed by atoms with Crippen molar-refractivity contribution in [3.63, 3.8) is 0 Å². The van der Waals surface area contributed by atoms with E-state index in [-0.39, 0.29) is 46.9 Å². The highest BCUT2D eigenvalue weighted by atomic mass is 127. The minimum Gasteiger partial charge on any atom is -0.459 e. The Kier molecular flexibility index (Phi) is 15.2. The van der Waals surface area contributed by atoms with Gasteiger partial charge in [0, 0.05) is 18.7 Å². The fourth-order valence-electron chi connectivity index (χ4n) is 2.69. The zero-order valence-corrected chi connectivity index (χ0v) is 21.9. The molecule has 0 aliphatic heterocycles. The van der Waals surface area contributed by atoms with Gasteiger partial charge in [0.2, 0.25) is 0 Å². The van der Waals surface area contributed by atoms with Crippen molar-refractivity contribution in [2.75, 3.05) is 39.5 Å². The Bertz CT molecular complexity index is 709. The van der Waals surface area contributed by atoms with E-state index in [1.807, 2.05) is 13.8 Å². The molecule has 0 aromatic heterocycles. The fourth-order valence-corrected chi connectivity index (χ4v) is 2.85. The molecular formula is C22H35IN2O8. The molecule has 0 aromatic rings. The molecule has 33 heavy (non-hydrogen) atoms. The van der Waals surface area contributed by atoms with Crippen molar-refractivity contribution in [2.24, 2.45) is 11.3 Å². The van der Waals surface area contributed by atoms with Gasteiger partial charge in [-0.15, -0.1) is 0 Å². The van der Waals surface area contributed by atoms with Crippen LogP contribution in [0.4, 0.5) is 9.59 Å². The van der Waals surface area contributed by atoms with E-state index in [4.69, 9.17) is 18.9 Å². The van der Waals surface area contributed by atoms with Gasteiger partial charge in [0.15, 0.2) is 0 Å². The van der Waals surface area contributed by atoms with Crippen molar-refractivity contribution in [3.05, 3.63) is 22.3 Å². The summed E-state index contributed by atoms with van der Waals surface area (Å²) in [6.45, 7) is 15.2. The zero-order valence-electron chi connectivity index (χ0n) is 19.8. The SMILES string of the molecule is C=C(C)C(=O)OCCOC(=O)NCC(C)(C)CC(C)CCNC(=O)OCCOC(=O)C(=C)I. The lowest BCUT2D eigenvalue weighted by molar-refractivity contribution is -0.140. The second-order valence-corrected chi connectivity index (χ2v) is 9.57. The number of halogens is 1. The normalized spacial score (nSPS) is 11.5. The van der Waals surface area contributed by atoms with Gasteiger partial charge in [0.25, 0.3) is 0 Å². The Hall–Kier alpha value is -2.31. The van der Waals surface area contributed by atoms with Gasteiger partial charge in [-0.3, -0.25) is 0 Å². The number of esters is 2. The van der Waals surface area contributed by atoms with Crippen LogP contribution in [0.5, 0.6) is 0 Å². The number of rotatable bonds is 15. The molecule has 0 heterocycles. The topological polar surface area (TPSA) is 129 Å². The number of hydrogen-bond donors (Lipinski definition) is 2. The van der Waals surface area contributed by atoms with E-state index < -0.39 is 24.1 Å². The molecule has 10 nitrogen and oxygen atoms in total. The van der Waals surface area contributed by atoms with E-state index >= 15 is 0 Å². The number of carbonyl (C=O) groups excluding carboxylic acids is 4. The van der Waals surface area contributed by atoms with Gasteiger partial charge < -0.3 is 29.6 Å². The summed E-state index contributed by atoms with van der Waals surface area (Å²) in [5, 5.41) is 5.36. The van der Waals surface area contributed by atoms with Crippen LogP contribution in [0.1, 0.15) is 40.5 Å². The van der Waals surface area contributed by atoms with Crippen LogP contribution in [0.2, 0.25) is 0 Å². The quantitative estimate of drug-likeness (QED) is 0.0988. The number of ether oxygens (including phenoxy) is 4. The third kappa shape index (κ3) is 16.9. The molecule has 188 valence electrons. The molecule has 0 saturated carbocycles. The summed E-state index contributed by atoms with van der Waals surface area (Å²) in [5.74, 6) is -0.793. The summed E-state index contributed by atoms with van der Waals surface area (Å²) in [5.41, 5.74) is 0.0848. The molecule has 0 aliphatic rings. The molecule has 11 heteroatoms. The number of hydrogen-bond acceptors (Lipinski definition) is 8. The largest absolute Gasteiger partial charge is 0.459 e. The Labute approximate surface area is 208 Å². The molecule has 0 saturated heterocycles. The summed E-state index contributed by atoms with van der Waals surface area (Å²) in [7, 11) is 0. The predicted octanol–water partition coefficient (Wildman–Crippen LogP) is 3.49. The lowest BCUT2D eigenvalue weighted by Crippen LogP contribution is -2.36. The summed E-state index contributed by atoms with van der Waals surface area (Å²) in [6, 6.07) is 0. The Morgan fingerprint density at radius 2 is 1.36 bits per heavy atom. The zero-order chi connectivity index (χ0) is 25.4. The van der Waals surface area contributed by atoms with Crippen molar-refractivity contribution < 1.29 is 38.1 Å². The second kappa shape index (κ2) is 16.3. The van der Waals surface area contributed by atoms with Crippen LogP contribution < -0.4 is 10.6 Å². The first-order chi connectivity index (χ1) is 15.3. The molecule has 0 radical (unpaired) electrons. The Balaban J connectivity index is 3.96. The van der Waals surface area contributed by atoms with Crippen LogP contribution in [0.25, 0.3) is 0 Å². The molecule has 2 amide bonds. The van der Waals surface area contributed by atoms with Gasteiger partial charge in [-0.1, -0.05) is 33.9 Å². The molecule has 0 spiro atoms. The average Bonchev–Trinajstić information content (AvgIpc) is 2.71. The molecule has 0 bridgehead atoms. The number of alkyl carbamates (subject to hydrolysis) is 2. The third-order valence-corrected chi connectivity index (χ3v) is 4.63.